The Bertz CT molecular complexity index is 836. The monoisotopic (exact) mass is 439 g/mol. The molecule has 0 atom stereocenters. The lowest BCUT2D eigenvalue weighted by Gasteiger charge is -2.31. The number of likely N-dealkylation sites (tertiary alicyclic amines) is 1. The summed E-state index contributed by atoms with van der Waals surface area (Å²) >= 11 is 5.88. The highest BCUT2D eigenvalue weighted by Gasteiger charge is 2.37. The molecule has 2 fully saturated rings. The van der Waals surface area contributed by atoms with Gasteiger partial charge in [-0.25, -0.2) is 13.1 Å². The normalized spacial score (nSPS) is 19.6. The van der Waals surface area contributed by atoms with Crippen molar-refractivity contribution < 1.29 is 26.4 Å². The van der Waals surface area contributed by atoms with Gasteiger partial charge in [0.15, 0.2) is 0 Å². The molecule has 1 aliphatic heterocycles. The number of carbonyl (C=O) groups is 1. The van der Waals surface area contributed by atoms with Crippen LogP contribution in [-0.4, -0.2) is 50.2 Å². The molecule has 1 heterocycles. The van der Waals surface area contributed by atoms with Crippen LogP contribution < -0.4 is 10.0 Å². The first-order valence-corrected chi connectivity index (χ1v) is 10.9. The minimum Gasteiger partial charge on any atom is -0.324 e. The molecule has 1 saturated carbocycles. The van der Waals surface area contributed by atoms with Gasteiger partial charge in [-0.2, -0.15) is 13.2 Å². The predicted molar refractivity (Wildman–Crippen MR) is 99.6 cm³/mol. The zero-order valence-electron chi connectivity index (χ0n) is 14.9. The quantitative estimate of drug-likeness (QED) is 0.714. The average Bonchev–Trinajstić information content (AvgIpc) is 3.43. The fourth-order valence-corrected chi connectivity index (χ4v) is 4.92. The summed E-state index contributed by atoms with van der Waals surface area (Å²) in [7, 11) is -3.24. The summed E-state index contributed by atoms with van der Waals surface area (Å²) < 4.78 is 65.1. The van der Waals surface area contributed by atoms with Gasteiger partial charge in [-0.1, -0.05) is 11.6 Å². The van der Waals surface area contributed by atoms with Crippen LogP contribution >= 0.6 is 11.6 Å². The number of halogens is 4. The van der Waals surface area contributed by atoms with Crippen LogP contribution in [0.4, 0.5) is 18.9 Å². The number of rotatable bonds is 6. The second-order valence-electron chi connectivity index (χ2n) is 7.15. The summed E-state index contributed by atoms with van der Waals surface area (Å²) in [5.41, 5.74) is -0.982. The molecule has 6 nitrogen and oxygen atoms in total. The lowest BCUT2D eigenvalue weighted by Crippen LogP contribution is -2.47. The van der Waals surface area contributed by atoms with Crippen molar-refractivity contribution in [2.24, 2.45) is 0 Å². The molecule has 1 saturated heterocycles. The van der Waals surface area contributed by atoms with Gasteiger partial charge in [0.25, 0.3) is 0 Å². The molecule has 0 spiro atoms. The second kappa shape index (κ2) is 8.17. The number of nitrogens with one attached hydrogen (secondary N) is 2. The highest BCUT2D eigenvalue weighted by atomic mass is 35.5. The minimum atomic E-state index is -4.53. The van der Waals surface area contributed by atoms with Crippen LogP contribution in [0.2, 0.25) is 5.02 Å². The highest BCUT2D eigenvalue weighted by molar-refractivity contribution is 7.90. The van der Waals surface area contributed by atoms with Crippen molar-refractivity contribution in [3.05, 3.63) is 28.8 Å². The molecular formula is C17H21ClF3N3O3S. The van der Waals surface area contributed by atoms with Crippen LogP contribution in [0.15, 0.2) is 18.2 Å². The molecular weight excluding hydrogens is 419 g/mol. The van der Waals surface area contributed by atoms with Crippen molar-refractivity contribution in [1.29, 1.82) is 0 Å². The van der Waals surface area contributed by atoms with Gasteiger partial charge in [0, 0.05) is 19.1 Å². The first-order valence-electron chi connectivity index (χ1n) is 8.95. The third kappa shape index (κ3) is 5.59. The molecule has 1 aliphatic carbocycles. The van der Waals surface area contributed by atoms with Crippen LogP contribution in [0, 0.1) is 0 Å². The van der Waals surface area contributed by atoms with E-state index in [0.29, 0.717) is 38.8 Å². The largest absolute Gasteiger partial charge is 0.416 e. The zero-order chi connectivity index (χ0) is 20.5. The standard InChI is InChI=1S/C17H21ClF3N3O3S/c18-14-4-1-11(17(19,20)21)9-15(14)22-16(25)10-24-7-5-12(6-8-24)23-28(26,27)13-2-3-13/h1,4,9,12-13,23H,2-3,5-8,10H2,(H,22,25). The predicted octanol–water partition coefficient (Wildman–Crippen LogP) is 2.84. The van der Waals surface area contributed by atoms with E-state index in [1.165, 1.54) is 0 Å². The Balaban J connectivity index is 1.50. The van der Waals surface area contributed by atoms with Crippen LogP contribution in [0.5, 0.6) is 0 Å². The van der Waals surface area contributed by atoms with Gasteiger partial charge >= 0.3 is 6.18 Å². The van der Waals surface area contributed by atoms with E-state index in [0.717, 1.165) is 18.2 Å². The number of carbonyl (C=O) groups excluding carboxylic acids is 1. The maximum absolute atomic E-state index is 12.8. The number of sulfonamides is 1. The smallest absolute Gasteiger partial charge is 0.324 e. The summed E-state index contributed by atoms with van der Waals surface area (Å²) in [4.78, 5) is 14.0. The topological polar surface area (TPSA) is 78.5 Å². The molecule has 156 valence electrons. The first-order chi connectivity index (χ1) is 13.0. The molecule has 1 amide bonds. The van der Waals surface area contributed by atoms with Crippen molar-refractivity contribution >= 4 is 33.2 Å². The Morgan fingerprint density at radius 3 is 2.39 bits per heavy atom. The number of nitrogens with zero attached hydrogens (tertiary/aromatic N) is 1. The SMILES string of the molecule is O=C(CN1CCC(NS(=O)(=O)C2CC2)CC1)Nc1cc(C(F)(F)F)ccc1Cl. The Hall–Kier alpha value is -1.36. The van der Waals surface area contributed by atoms with Gasteiger partial charge in [0.2, 0.25) is 15.9 Å². The van der Waals surface area contributed by atoms with E-state index in [1.807, 2.05) is 4.90 Å². The Labute approximate surface area is 166 Å². The molecule has 3 rings (SSSR count). The number of piperidine rings is 1. The Kier molecular flexibility index (Phi) is 6.23. The van der Waals surface area contributed by atoms with Gasteiger partial charge in [-0.05, 0) is 43.9 Å². The maximum Gasteiger partial charge on any atom is 0.416 e. The number of hydrogen-bond acceptors (Lipinski definition) is 4. The first kappa shape index (κ1) is 21.4. The van der Waals surface area contributed by atoms with Crippen LogP contribution in [-0.2, 0) is 21.0 Å². The molecule has 2 N–H and O–H groups in total. The molecule has 2 aliphatic rings. The van der Waals surface area contributed by atoms with E-state index in [9.17, 15) is 26.4 Å². The number of hydrogen-bond donors (Lipinski definition) is 2. The molecule has 1 aromatic rings. The van der Waals surface area contributed by atoms with E-state index in [-0.39, 0.29) is 28.5 Å². The van der Waals surface area contributed by atoms with E-state index in [2.05, 4.69) is 10.0 Å². The molecule has 0 unspecified atom stereocenters. The molecule has 28 heavy (non-hydrogen) atoms. The average molecular weight is 440 g/mol. The van der Waals surface area contributed by atoms with E-state index < -0.39 is 27.7 Å². The Morgan fingerprint density at radius 1 is 1.18 bits per heavy atom. The molecule has 1 aromatic carbocycles. The fraction of sp³-hybridized carbons (Fsp3) is 0.588. The lowest BCUT2D eigenvalue weighted by molar-refractivity contribution is -0.137. The molecule has 0 aromatic heterocycles. The molecule has 0 radical (unpaired) electrons. The fourth-order valence-electron chi connectivity index (χ4n) is 3.11. The third-order valence-corrected chi connectivity index (χ3v) is 7.16. The third-order valence-electron chi connectivity index (χ3n) is 4.82. The van der Waals surface area contributed by atoms with Gasteiger partial charge in [0.1, 0.15) is 0 Å². The number of amides is 1. The summed E-state index contributed by atoms with van der Waals surface area (Å²) in [6.45, 7) is 1.03. The van der Waals surface area contributed by atoms with E-state index in [4.69, 9.17) is 11.6 Å². The lowest BCUT2D eigenvalue weighted by atomic mass is 10.1. The van der Waals surface area contributed by atoms with E-state index in [1.54, 1.807) is 0 Å². The van der Waals surface area contributed by atoms with Crippen LogP contribution in [0.1, 0.15) is 31.2 Å². The van der Waals surface area contributed by atoms with E-state index >= 15 is 0 Å². The van der Waals surface area contributed by atoms with Gasteiger partial charge in [-0.3, -0.25) is 9.69 Å². The summed E-state index contributed by atoms with van der Waals surface area (Å²) in [6, 6.07) is 2.60. The second-order valence-corrected chi connectivity index (χ2v) is 9.55. The van der Waals surface area contributed by atoms with Gasteiger partial charge < -0.3 is 5.32 Å². The number of anilines is 1. The number of alkyl halides is 3. The van der Waals surface area contributed by atoms with Crippen molar-refractivity contribution in [1.82, 2.24) is 9.62 Å². The molecule has 0 bridgehead atoms. The summed E-state index contributed by atoms with van der Waals surface area (Å²) in [6.07, 6.45) is -1.98. The highest BCUT2D eigenvalue weighted by Crippen LogP contribution is 2.34. The molecule has 11 heteroatoms. The van der Waals surface area contributed by atoms with Crippen molar-refractivity contribution in [2.75, 3.05) is 25.0 Å². The van der Waals surface area contributed by atoms with Crippen molar-refractivity contribution in [3.63, 3.8) is 0 Å². The van der Waals surface area contributed by atoms with Gasteiger partial charge in [0.05, 0.1) is 28.1 Å². The maximum atomic E-state index is 12.8. The minimum absolute atomic E-state index is 0.00529. The number of benzene rings is 1. The zero-order valence-corrected chi connectivity index (χ0v) is 16.5. The van der Waals surface area contributed by atoms with Crippen molar-refractivity contribution in [3.8, 4) is 0 Å². The van der Waals surface area contributed by atoms with Crippen molar-refractivity contribution in [2.45, 2.75) is 43.2 Å². The van der Waals surface area contributed by atoms with Crippen LogP contribution in [0.3, 0.4) is 0 Å². The summed E-state index contributed by atoms with van der Waals surface area (Å²) in [5, 5.41) is 2.17. The summed E-state index contributed by atoms with van der Waals surface area (Å²) in [5.74, 6) is -0.474. The Morgan fingerprint density at radius 2 is 1.82 bits per heavy atom. The van der Waals surface area contributed by atoms with Crippen LogP contribution in [0.25, 0.3) is 0 Å². The van der Waals surface area contributed by atoms with Gasteiger partial charge in [-0.15, -0.1) is 0 Å².